The number of nitrogens with one attached hydrogen (secondary N) is 1. The third kappa shape index (κ3) is 3.67. The molecule has 140 valence electrons. The minimum absolute atomic E-state index is 0.0951. The molecule has 1 heterocycles. The summed E-state index contributed by atoms with van der Waals surface area (Å²) in [5, 5.41) is 3.09. The van der Waals surface area contributed by atoms with Crippen molar-refractivity contribution in [1.82, 2.24) is 14.9 Å². The SMILES string of the molecule is Cc1cccc(Cn2c(C(C)NC(=O)c3ccccc3)nc3ccccc32)c1. The summed E-state index contributed by atoms with van der Waals surface area (Å²) in [7, 11) is 0. The van der Waals surface area contributed by atoms with Gasteiger partial charge in [0.05, 0.1) is 17.1 Å². The van der Waals surface area contributed by atoms with Crippen molar-refractivity contribution in [3.05, 3.63) is 101 Å². The van der Waals surface area contributed by atoms with Crippen LogP contribution in [-0.2, 0) is 6.54 Å². The number of fused-ring (bicyclic) bond motifs is 1. The second-order valence-electron chi connectivity index (χ2n) is 7.10. The highest BCUT2D eigenvalue weighted by Crippen LogP contribution is 2.23. The number of carbonyl (C=O) groups excluding carboxylic acids is 1. The number of nitrogens with zero attached hydrogens (tertiary/aromatic N) is 2. The summed E-state index contributed by atoms with van der Waals surface area (Å²) in [4.78, 5) is 17.4. The number of carbonyl (C=O) groups is 1. The van der Waals surface area contributed by atoms with Crippen LogP contribution < -0.4 is 5.32 Å². The first-order valence-corrected chi connectivity index (χ1v) is 9.48. The number of rotatable bonds is 5. The summed E-state index contributed by atoms with van der Waals surface area (Å²) in [5.74, 6) is 0.759. The summed E-state index contributed by atoms with van der Waals surface area (Å²) < 4.78 is 2.19. The standard InChI is InChI=1S/C24H23N3O/c1-17-9-8-10-19(15-17)16-27-22-14-7-6-13-21(22)26-23(27)18(2)25-24(28)20-11-4-3-5-12-20/h3-15,18H,16H2,1-2H3,(H,25,28). The number of imidazole rings is 1. The monoisotopic (exact) mass is 369 g/mol. The van der Waals surface area contributed by atoms with E-state index in [-0.39, 0.29) is 11.9 Å². The predicted molar refractivity (Wildman–Crippen MR) is 112 cm³/mol. The van der Waals surface area contributed by atoms with Crippen LogP contribution in [0.1, 0.15) is 40.3 Å². The van der Waals surface area contributed by atoms with Crippen molar-refractivity contribution in [3.63, 3.8) is 0 Å². The van der Waals surface area contributed by atoms with Gasteiger partial charge in [-0.1, -0.05) is 60.2 Å². The molecule has 1 unspecified atom stereocenters. The molecular weight excluding hydrogens is 346 g/mol. The van der Waals surface area contributed by atoms with Crippen molar-refractivity contribution in [2.75, 3.05) is 0 Å². The summed E-state index contributed by atoms with van der Waals surface area (Å²) in [6.07, 6.45) is 0. The van der Waals surface area contributed by atoms with E-state index in [1.54, 1.807) is 0 Å². The van der Waals surface area contributed by atoms with Crippen LogP contribution >= 0.6 is 0 Å². The lowest BCUT2D eigenvalue weighted by Crippen LogP contribution is -2.28. The smallest absolute Gasteiger partial charge is 0.251 e. The summed E-state index contributed by atoms with van der Waals surface area (Å²) in [5.41, 5.74) is 5.10. The largest absolute Gasteiger partial charge is 0.342 e. The number of aryl methyl sites for hydroxylation is 1. The molecule has 4 rings (SSSR count). The fourth-order valence-electron chi connectivity index (χ4n) is 3.52. The van der Waals surface area contributed by atoms with Crippen LogP contribution in [0.15, 0.2) is 78.9 Å². The Balaban J connectivity index is 1.68. The molecule has 0 aliphatic rings. The molecule has 1 atom stereocenters. The zero-order valence-corrected chi connectivity index (χ0v) is 16.1. The van der Waals surface area contributed by atoms with Crippen molar-refractivity contribution < 1.29 is 4.79 Å². The van der Waals surface area contributed by atoms with Gasteiger partial charge in [-0.05, 0) is 43.7 Å². The normalized spacial score (nSPS) is 12.1. The first kappa shape index (κ1) is 18.0. The molecule has 3 aromatic carbocycles. The molecule has 0 saturated heterocycles. The summed E-state index contributed by atoms with van der Waals surface area (Å²) in [6.45, 7) is 4.79. The number of aromatic nitrogens is 2. The molecule has 4 nitrogen and oxygen atoms in total. The van der Waals surface area contributed by atoms with Gasteiger partial charge >= 0.3 is 0 Å². The van der Waals surface area contributed by atoms with Crippen molar-refractivity contribution in [2.24, 2.45) is 0 Å². The maximum atomic E-state index is 12.6. The van der Waals surface area contributed by atoms with Crippen LogP contribution in [0.25, 0.3) is 11.0 Å². The maximum absolute atomic E-state index is 12.6. The number of hydrogen-bond donors (Lipinski definition) is 1. The minimum atomic E-state index is -0.218. The van der Waals surface area contributed by atoms with Gasteiger partial charge in [-0.15, -0.1) is 0 Å². The van der Waals surface area contributed by atoms with Crippen molar-refractivity contribution >= 4 is 16.9 Å². The maximum Gasteiger partial charge on any atom is 0.251 e. The van der Waals surface area contributed by atoms with Gasteiger partial charge in [0.25, 0.3) is 5.91 Å². The van der Waals surface area contributed by atoms with E-state index in [4.69, 9.17) is 4.98 Å². The molecule has 4 heteroatoms. The number of amides is 1. The second-order valence-corrected chi connectivity index (χ2v) is 7.10. The van der Waals surface area contributed by atoms with Gasteiger partial charge in [-0.3, -0.25) is 4.79 Å². The fraction of sp³-hybridized carbons (Fsp3) is 0.167. The van der Waals surface area contributed by atoms with E-state index in [0.717, 1.165) is 16.9 Å². The quantitative estimate of drug-likeness (QED) is 0.545. The Morgan fingerprint density at radius 1 is 1.00 bits per heavy atom. The van der Waals surface area contributed by atoms with Gasteiger partial charge in [-0.25, -0.2) is 4.98 Å². The van der Waals surface area contributed by atoms with Gasteiger partial charge in [0.15, 0.2) is 0 Å². The van der Waals surface area contributed by atoms with Crippen LogP contribution in [-0.4, -0.2) is 15.5 Å². The molecule has 0 spiro atoms. The molecule has 0 aliphatic carbocycles. The van der Waals surface area contributed by atoms with Crippen molar-refractivity contribution in [3.8, 4) is 0 Å². The molecule has 0 radical (unpaired) electrons. The highest BCUT2D eigenvalue weighted by Gasteiger charge is 2.19. The van der Waals surface area contributed by atoms with Gasteiger partial charge in [0.2, 0.25) is 0 Å². The molecule has 0 bridgehead atoms. The third-order valence-electron chi connectivity index (χ3n) is 4.88. The van der Waals surface area contributed by atoms with E-state index in [1.165, 1.54) is 11.1 Å². The topological polar surface area (TPSA) is 46.9 Å². The van der Waals surface area contributed by atoms with Gasteiger partial charge in [0.1, 0.15) is 5.82 Å². The molecule has 1 aromatic heterocycles. The lowest BCUT2D eigenvalue weighted by molar-refractivity contribution is 0.0938. The third-order valence-corrected chi connectivity index (χ3v) is 4.88. The Hall–Kier alpha value is -3.40. The van der Waals surface area contributed by atoms with Gasteiger partial charge < -0.3 is 9.88 Å². The molecule has 0 fully saturated rings. The van der Waals surface area contributed by atoms with Crippen LogP contribution in [0.3, 0.4) is 0 Å². The zero-order chi connectivity index (χ0) is 19.5. The molecule has 0 aliphatic heterocycles. The Morgan fingerprint density at radius 2 is 1.75 bits per heavy atom. The number of benzene rings is 3. The second kappa shape index (κ2) is 7.69. The molecule has 28 heavy (non-hydrogen) atoms. The van der Waals surface area contributed by atoms with Gasteiger partial charge in [-0.2, -0.15) is 0 Å². The zero-order valence-electron chi connectivity index (χ0n) is 16.1. The average Bonchev–Trinajstić information content (AvgIpc) is 3.07. The number of para-hydroxylation sites is 2. The first-order chi connectivity index (χ1) is 13.6. The Labute approximate surface area is 164 Å². The number of hydrogen-bond acceptors (Lipinski definition) is 2. The van der Waals surface area contributed by atoms with Crippen LogP contribution in [0.5, 0.6) is 0 Å². The van der Waals surface area contributed by atoms with Gasteiger partial charge in [0, 0.05) is 12.1 Å². The van der Waals surface area contributed by atoms with E-state index in [0.29, 0.717) is 12.1 Å². The van der Waals surface area contributed by atoms with E-state index in [2.05, 4.69) is 47.1 Å². The van der Waals surface area contributed by atoms with E-state index in [9.17, 15) is 4.79 Å². The molecule has 4 aromatic rings. The van der Waals surface area contributed by atoms with Crippen molar-refractivity contribution in [1.29, 1.82) is 0 Å². The van der Waals surface area contributed by atoms with Crippen LogP contribution in [0, 0.1) is 6.92 Å². The Morgan fingerprint density at radius 3 is 2.54 bits per heavy atom. The fourth-order valence-corrected chi connectivity index (χ4v) is 3.52. The first-order valence-electron chi connectivity index (χ1n) is 9.48. The average molecular weight is 369 g/mol. The van der Waals surface area contributed by atoms with E-state index in [1.807, 2.05) is 55.5 Å². The lowest BCUT2D eigenvalue weighted by Gasteiger charge is -2.17. The van der Waals surface area contributed by atoms with E-state index < -0.39 is 0 Å². The van der Waals surface area contributed by atoms with Crippen LogP contribution in [0.2, 0.25) is 0 Å². The van der Waals surface area contributed by atoms with E-state index >= 15 is 0 Å². The summed E-state index contributed by atoms with van der Waals surface area (Å²) >= 11 is 0. The Bertz CT molecular complexity index is 1120. The van der Waals surface area contributed by atoms with Crippen molar-refractivity contribution in [2.45, 2.75) is 26.4 Å². The molecular formula is C24H23N3O. The predicted octanol–water partition coefficient (Wildman–Crippen LogP) is 4.88. The minimum Gasteiger partial charge on any atom is -0.342 e. The molecule has 1 amide bonds. The molecule has 1 N–H and O–H groups in total. The Kier molecular flexibility index (Phi) is 4.94. The lowest BCUT2D eigenvalue weighted by atomic mass is 10.1. The van der Waals surface area contributed by atoms with Crippen LogP contribution in [0.4, 0.5) is 0 Å². The molecule has 0 saturated carbocycles. The highest BCUT2D eigenvalue weighted by molar-refractivity contribution is 5.94. The highest BCUT2D eigenvalue weighted by atomic mass is 16.1. The summed E-state index contributed by atoms with van der Waals surface area (Å²) in [6, 6.07) is 25.6.